The second kappa shape index (κ2) is 6.96. The lowest BCUT2D eigenvalue weighted by Gasteiger charge is -2.21. The van der Waals surface area contributed by atoms with Crippen molar-refractivity contribution in [3.63, 3.8) is 0 Å². The first kappa shape index (κ1) is 18.8. The fourth-order valence-corrected chi connectivity index (χ4v) is 3.83. The minimum absolute atomic E-state index is 0.119. The van der Waals surface area contributed by atoms with E-state index < -0.39 is 0 Å². The van der Waals surface area contributed by atoms with Gasteiger partial charge in [-0.05, 0) is 55.7 Å². The molecule has 0 bridgehead atoms. The molecule has 2 heterocycles. The van der Waals surface area contributed by atoms with Crippen LogP contribution in [0.4, 0.5) is 15.9 Å². The van der Waals surface area contributed by atoms with Crippen molar-refractivity contribution in [3.8, 4) is 11.8 Å². The van der Waals surface area contributed by atoms with Gasteiger partial charge in [0.2, 0.25) is 0 Å². The Bertz CT molecular complexity index is 1350. The smallest absolute Gasteiger partial charge is 0.257 e. The van der Waals surface area contributed by atoms with Gasteiger partial charge in [-0.2, -0.15) is 4.98 Å². The molecular formula is C23H19ClFN5. The van der Waals surface area contributed by atoms with Crippen LogP contribution in [0.3, 0.4) is 0 Å². The second-order valence-electron chi connectivity index (χ2n) is 7.74. The molecule has 4 aromatic rings. The summed E-state index contributed by atoms with van der Waals surface area (Å²) >= 11 is 6.21. The lowest BCUT2D eigenvalue weighted by atomic mass is 10.0. The number of benzene rings is 2. The molecule has 0 aliphatic heterocycles. The van der Waals surface area contributed by atoms with Gasteiger partial charge in [0.25, 0.3) is 5.78 Å². The summed E-state index contributed by atoms with van der Waals surface area (Å²) in [5.74, 6) is 7.27. The zero-order valence-corrected chi connectivity index (χ0v) is 17.4. The van der Waals surface area contributed by atoms with Gasteiger partial charge in [-0.1, -0.05) is 30.4 Å². The molecule has 2 aromatic carbocycles. The van der Waals surface area contributed by atoms with Crippen LogP contribution in [-0.2, 0) is 0 Å². The number of rotatable bonds is 3. The molecule has 1 aliphatic carbocycles. The number of hydrogen-bond acceptors (Lipinski definition) is 4. The van der Waals surface area contributed by atoms with E-state index >= 15 is 0 Å². The first-order chi connectivity index (χ1) is 14.5. The van der Waals surface area contributed by atoms with Crippen LogP contribution < -0.4 is 4.90 Å². The fraction of sp³-hybridized carbons (Fsp3) is 0.261. The van der Waals surface area contributed by atoms with Crippen molar-refractivity contribution in [2.45, 2.75) is 26.2 Å². The largest absolute Gasteiger partial charge is 0.329 e. The Morgan fingerprint density at radius 3 is 2.83 bits per heavy atom. The summed E-state index contributed by atoms with van der Waals surface area (Å²) < 4.78 is 16.2. The highest BCUT2D eigenvalue weighted by molar-refractivity contribution is 6.31. The van der Waals surface area contributed by atoms with Crippen LogP contribution in [0.25, 0.3) is 16.7 Å². The molecule has 1 aliphatic rings. The predicted molar refractivity (Wildman–Crippen MR) is 117 cm³/mol. The van der Waals surface area contributed by atoms with Crippen LogP contribution in [0.15, 0.2) is 42.7 Å². The van der Waals surface area contributed by atoms with E-state index in [4.69, 9.17) is 11.6 Å². The van der Waals surface area contributed by atoms with Gasteiger partial charge in [-0.25, -0.2) is 4.39 Å². The number of aromatic nitrogens is 4. The number of fused-ring (bicyclic) bond motifs is 3. The molecule has 5 rings (SSSR count). The van der Waals surface area contributed by atoms with Gasteiger partial charge in [0.15, 0.2) is 0 Å². The van der Waals surface area contributed by atoms with Crippen molar-refractivity contribution in [2.24, 2.45) is 5.41 Å². The number of nitrogens with zero attached hydrogens (tertiary/aromatic N) is 5. The highest BCUT2D eigenvalue weighted by Crippen LogP contribution is 2.48. The Morgan fingerprint density at radius 1 is 1.23 bits per heavy atom. The first-order valence-electron chi connectivity index (χ1n) is 9.84. The van der Waals surface area contributed by atoms with Crippen LogP contribution in [0.1, 0.15) is 31.7 Å². The molecule has 5 nitrogen and oxygen atoms in total. The van der Waals surface area contributed by atoms with Crippen LogP contribution >= 0.6 is 11.6 Å². The number of hydrogen-bond donors (Lipinski definition) is 0. The molecule has 0 saturated heterocycles. The first-order valence-corrected chi connectivity index (χ1v) is 10.2. The van der Waals surface area contributed by atoms with Crippen LogP contribution in [0.5, 0.6) is 0 Å². The molecule has 0 radical (unpaired) electrons. The standard InChI is InChI=1S/C23H19ClFN5/c1-3-23(8-9-23)7-6-15-10-17(25)13-18(11-15)29(2)21-19-5-4-16(24)12-20(19)30-14-26-28-22(30)27-21/h4-5,10-14H,3,8-9H2,1-2H3. The van der Waals surface area contributed by atoms with Gasteiger partial charge in [0.05, 0.1) is 5.52 Å². The normalized spacial score (nSPS) is 14.5. The van der Waals surface area contributed by atoms with Gasteiger partial charge in [0, 0.05) is 34.1 Å². The lowest BCUT2D eigenvalue weighted by molar-refractivity contribution is 0.627. The lowest BCUT2D eigenvalue weighted by Crippen LogP contribution is -2.13. The van der Waals surface area contributed by atoms with E-state index in [1.54, 1.807) is 16.8 Å². The minimum Gasteiger partial charge on any atom is -0.329 e. The molecule has 7 heteroatoms. The van der Waals surface area contributed by atoms with E-state index in [-0.39, 0.29) is 11.2 Å². The monoisotopic (exact) mass is 419 g/mol. The SMILES string of the molecule is CCC1(C#Cc2cc(F)cc(N(C)c3nc4nncn4c4cc(Cl)ccc34)c2)CC1. The molecule has 0 spiro atoms. The summed E-state index contributed by atoms with van der Waals surface area (Å²) in [6.07, 6.45) is 4.87. The van der Waals surface area contributed by atoms with Crippen molar-refractivity contribution < 1.29 is 4.39 Å². The third-order valence-corrected chi connectivity index (χ3v) is 6.02. The zero-order valence-electron chi connectivity index (χ0n) is 16.7. The molecule has 0 unspecified atom stereocenters. The van der Waals surface area contributed by atoms with E-state index in [0.29, 0.717) is 27.9 Å². The maximum atomic E-state index is 14.4. The molecule has 1 fully saturated rings. The molecule has 1 saturated carbocycles. The maximum Gasteiger partial charge on any atom is 0.257 e. The van der Waals surface area contributed by atoms with Gasteiger partial charge in [-0.15, -0.1) is 10.2 Å². The molecule has 2 aromatic heterocycles. The Hall–Kier alpha value is -3.17. The van der Waals surface area contributed by atoms with Crippen molar-refractivity contribution in [3.05, 3.63) is 59.1 Å². The Morgan fingerprint density at radius 2 is 2.07 bits per heavy atom. The minimum atomic E-state index is -0.332. The highest BCUT2D eigenvalue weighted by Gasteiger charge is 2.38. The molecular weight excluding hydrogens is 401 g/mol. The summed E-state index contributed by atoms with van der Waals surface area (Å²) in [6, 6.07) is 10.4. The van der Waals surface area contributed by atoms with Gasteiger partial charge in [-0.3, -0.25) is 4.40 Å². The average molecular weight is 420 g/mol. The third-order valence-electron chi connectivity index (χ3n) is 5.79. The van der Waals surface area contributed by atoms with E-state index in [0.717, 1.165) is 30.2 Å². The van der Waals surface area contributed by atoms with Crippen molar-refractivity contribution >= 4 is 39.8 Å². The predicted octanol–water partition coefficient (Wildman–Crippen LogP) is 5.38. The number of halogens is 2. The quantitative estimate of drug-likeness (QED) is 0.418. The molecule has 0 N–H and O–H groups in total. The molecule has 150 valence electrons. The molecule has 0 atom stereocenters. The summed E-state index contributed by atoms with van der Waals surface area (Å²) in [4.78, 5) is 6.49. The van der Waals surface area contributed by atoms with Gasteiger partial charge < -0.3 is 4.90 Å². The average Bonchev–Trinajstić information content (AvgIpc) is 3.37. The number of anilines is 2. The van der Waals surface area contributed by atoms with E-state index in [1.807, 2.05) is 30.1 Å². The van der Waals surface area contributed by atoms with Crippen molar-refractivity contribution in [1.29, 1.82) is 0 Å². The highest BCUT2D eigenvalue weighted by atomic mass is 35.5. The summed E-state index contributed by atoms with van der Waals surface area (Å²) in [5, 5.41) is 9.49. The van der Waals surface area contributed by atoms with E-state index in [2.05, 4.69) is 33.9 Å². The topological polar surface area (TPSA) is 46.3 Å². The van der Waals surface area contributed by atoms with Gasteiger partial charge in [0.1, 0.15) is 18.0 Å². The zero-order chi connectivity index (χ0) is 20.9. The van der Waals surface area contributed by atoms with Crippen LogP contribution in [0.2, 0.25) is 5.02 Å². The van der Waals surface area contributed by atoms with E-state index in [9.17, 15) is 4.39 Å². The van der Waals surface area contributed by atoms with Crippen LogP contribution in [-0.4, -0.2) is 26.6 Å². The van der Waals surface area contributed by atoms with Crippen molar-refractivity contribution in [1.82, 2.24) is 19.6 Å². The van der Waals surface area contributed by atoms with Gasteiger partial charge >= 0.3 is 0 Å². The maximum absolute atomic E-state index is 14.4. The third kappa shape index (κ3) is 3.25. The Balaban J connectivity index is 1.62. The summed E-state index contributed by atoms with van der Waals surface area (Å²) in [6.45, 7) is 2.15. The molecule has 0 amide bonds. The summed E-state index contributed by atoms with van der Waals surface area (Å²) in [7, 11) is 1.85. The fourth-order valence-electron chi connectivity index (χ4n) is 3.66. The van der Waals surface area contributed by atoms with E-state index in [1.165, 1.54) is 12.1 Å². The second-order valence-corrected chi connectivity index (χ2v) is 8.18. The van der Waals surface area contributed by atoms with Crippen molar-refractivity contribution in [2.75, 3.05) is 11.9 Å². The molecule has 30 heavy (non-hydrogen) atoms. The van der Waals surface area contributed by atoms with Crippen LogP contribution in [0, 0.1) is 23.1 Å². The Kier molecular flexibility index (Phi) is 4.37. The Labute approximate surface area is 178 Å². The summed E-state index contributed by atoms with van der Waals surface area (Å²) in [5.41, 5.74) is 2.27.